The molecule has 0 radical (unpaired) electrons. The number of unbranched alkanes of at least 4 members (excludes halogenated alkanes) is 1. The van der Waals surface area contributed by atoms with E-state index in [1.165, 1.54) is 6.07 Å². The summed E-state index contributed by atoms with van der Waals surface area (Å²) in [6, 6.07) is 6.68. The lowest BCUT2D eigenvalue weighted by atomic mass is 10.2. The van der Waals surface area contributed by atoms with Gasteiger partial charge in [-0.15, -0.1) is 0 Å². The number of halogens is 1. The number of rotatable bonds is 6. The van der Waals surface area contributed by atoms with Crippen molar-refractivity contribution in [2.75, 3.05) is 24.5 Å². The van der Waals surface area contributed by atoms with Crippen LogP contribution in [0.15, 0.2) is 24.3 Å². The van der Waals surface area contributed by atoms with Crippen molar-refractivity contribution < 1.29 is 4.39 Å². The van der Waals surface area contributed by atoms with Gasteiger partial charge in [0.1, 0.15) is 5.82 Å². The van der Waals surface area contributed by atoms with Gasteiger partial charge < -0.3 is 10.6 Å². The molecule has 0 bridgehead atoms. The predicted molar refractivity (Wildman–Crippen MR) is 62.6 cm³/mol. The first-order valence-corrected chi connectivity index (χ1v) is 5.48. The van der Waals surface area contributed by atoms with Crippen molar-refractivity contribution in [3.05, 3.63) is 30.1 Å². The molecule has 1 rings (SSSR count). The molecule has 0 amide bonds. The molecule has 0 saturated carbocycles. The summed E-state index contributed by atoms with van der Waals surface area (Å²) < 4.78 is 13.0. The first kappa shape index (κ1) is 12.0. The van der Waals surface area contributed by atoms with Crippen LogP contribution in [0.5, 0.6) is 0 Å². The molecule has 0 fully saturated rings. The highest BCUT2D eigenvalue weighted by Crippen LogP contribution is 2.15. The van der Waals surface area contributed by atoms with E-state index in [4.69, 9.17) is 5.73 Å². The van der Waals surface area contributed by atoms with E-state index in [1.54, 1.807) is 12.1 Å². The van der Waals surface area contributed by atoms with Crippen LogP contribution in [0, 0.1) is 5.82 Å². The van der Waals surface area contributed by atoms with Crippen molar-refractivity contribution in [3.63, 3.8) is 0 Å². The number of nitrogens with zero attached hydrogens (tertiary/aromatic N) is 1. The molecule has 1 aromatic rings. The lowest BCUT2D eigenvalue weighted by Gasteiger charge is -2.24. The van der Waals surface area contributed by atoms with Crippen LogP contribution in [0.1, 0.15) is 19.8 Å². The van der Waals surface area contributed by atoms with Gasteiger partial charge in [0.15, 0.2) is 0 Å². The van der Waals surface area contributed by atoms with Crippen molar-refractivity contribution in [3.8, 4) is 0 Å². The SMILES string of the molecule is CCCCN(CCN)c1cccc(F)c1. The van der Waals surface area contributed by atoms with Crippen LogP contribution < -0.4 is 10.6 Å². The van der Waals surface area contributed by atoms with Gasteiger partial charge in [-0.3, -0.25) is 0 Å². The Kier molecular flexibility index (Phi) is 5.12. The first-order valence-electron chi connectivity index (χ1n) is 5.48. The van der Waals surface area contributed by atoms with Crippen molar-refractivity contribution in [2.24, 2.45) is 5.73 Å². The largest absolute Gasteiger partial charge is 0.370 e. The van der Waals surface area contributed by atoms with E-state index in [2.05, 4.69) is 11.8 Å². The van der Waals surface area contributed by atoms with Gasteiger partial charge in [0.05, 0.1) is 0 Å². The standard InChI is InChI=1S/C12H19FN2/c1-2-3-8-15(9-7-14)12-6-4-5-11(13)10-12/h4-6,10H,2-3,7-9,14H2,1H3. The number of anilines is 1. The molecule has 0 saturated heterocycles. The molecule has 0 aromatic heterocycles. The van der Waals surface area contributed by atoms with E-state index < -0.39 is 0 Å². The minimum atomic E-state index is -0.189. The Morgan fingerprint density at radius 2 is 2.13 bits per heavy atom. The zero-order valence-electron chi connectivity index (χ0n) is 9.25. The molecular weight excluding hydrogens is 191 g/mol. The first-order chi connectivity index (χ1) is 7.27. The molecule has 3 heteroatoms. The fraction of sp³-hybridized carbons (Fsp3) is 0.500. The van der Waals surface area contributed by atoms with Crippen LogP contribution in [0.3, 0.4) is 0 Å². The third-order valence-corrected chi connectivity index (χ3v) is 2.35. The Hall–Kier alpha value is -1.09. The van der Waals surface area contributed by atoms with E-state index >= 15 is 0 Å². The van der Waals surface area contributed by atoms with E-state index in [1.807, 2.05) is 6.07 Å². The van der Waals surface area contributed by atoms with Crippen molar-refractivity contribution in [2.45, 2.75) is 19.8 Å². The summed E-state index contributed by atoms with van der Waals surface area (Å²) in [5.41, 5.74) is 6.47. The molecule has 0 heterocycles. The molecule has 0 unspecified atom stereocenters. The average Bonchev–Trinajstić information content (AvgIpc) is 2.24. The summed E-state index contributed by atoms with van der Waals surface area (Å²) >= 11 is 0. The molecular formula is C12H19FN2. The molecule has 15 heavy (non-hydrogen) atoms. The number of hydrogen-bond donors (Lipinski definition) is 1. The molecule has 2 N–H and O–H groups in total. The maximum Gasteiger partial charge on any atom is 0.125 e. The van der Waals surface area contributed by atoms with Crippen LogP contribution in [0.4, 0.5) is 10.1 Å². The lowest BCUT2D eigenvalue weighted by Crippen LogP contribution is -2.30. The Morgan fingerprint density at radius 3 is 2.73 bits per heavy atom. The summed E-state index contributed by atoms with van der Waals surface area (Å²) in [4.78, 5) is 2.13. The maximum atomic E-state index is 13.0. The minimum absolute atomic E-state index is 0.189. The molecule has 0 atom stereocenters. The molecule has 1 aromatic carbocycles. The van der Waals surface area contributed by atoms with Gasteiger partial charge in [-0.05, 0) is 24.6 Å². The fourth-order valence-electron chi connectivity index (χ4n) is 1.55. The molecule has 2 nitrogen and oxygen atoms in total. The maximum absolute atomic E-state index is 13.0. The third-order valence-electron chi connectivity index (χ3n) is 2.35. The monoisotopic (exact) mass is 210 g/mol. The lowest BCUT2D eigenvalue weighted by molar-refractivity contribution is 0.625. The highest BCUT2D eigenvalue weighted by atomic mass is 19.1. The second kappa shape index (κ2) is 6.40. The zero-order valence-corrected chi connectivity index (χ0v) is 9.25. The number of benzene rings is 1. The summed E-state index contributed by atoms with van der Waals surface area (Å²) in [6.07, 6.45) is 2.24. The molecule has 84 valence electrons. The summed E-state index contributed by atoms with van der Waals surface area (Å²) in [6.45, 7) is 4.47. The topological polar surface area (TPSA) is 29.3 Å². The van der Waals surface area contributed by atoms with Gasteiger partial charge in [-0.2, -0.15) is 0 Å². The summed E-state index contributed by atoms with van der Waals surface area (Å²) in [7, 11) is 0. The zero-order chi connectivity index (χ0) is 11.1. The average molecular weight is 210 g/mol. The molecule has 0 aliphatic rings. The normalized spacial score (nSPS) is 10.3. The third kappa shape index (κ3) is 3.88. The summed E-state index contributed by atoms with van der Waals surface area (Å²) in [5, 5.41) is 0. The van der Waals surface area contributed by atoms with E-state index in [0.717, 1.165) is 31.6 Å². The van der Waals surface area contributed by atoms with Crippen molar-refractivity contribution in [1.29, 1.82) is 0 Å². The fourth-order valence-corrected chi connectivity index (χ4v) is 1.55. The molecule has 0 aliphatic heterocycles. The second-order valence-electron chi connectivity index (χ2n) is 3.61. The van der Waals surface area contributed by atoms with Gasteiger partial charge in [0.2, 0.25) is 0 Å². The van der Waals surface area contributed by atoms with E-state index in [9.17, 15) is 4.39 Å². The van der Waals surface area contributed by atoms with Crippen LogP contribution >= 0.6 is 0 Å². The highest BCUT2D eigenvalue weighted by Gasteiger charge is 2.05. The van der Waals surface area contributed by atoms with Crippen LogP contribution in [-0.2, 0) is 0 Å². The van der Waals surface area contributed by atoms with E-state index in [-0.39, 0.29) is 5.82 Å². The van der Waals surface area contributed by atoms with Gasteiger partial charge in [0, 0.05) is 25.3 Å². The minimum Gasteiger partial charge on any atom is -0.370 e. The Morgan fingerprint density at radius 1 is 1.33 bits per heavy atom. The van der Waals surface area contributed by atoms with Crippen LogP contribution in [0.25, 0.3) is 0 Å². The smallest absolute Gasteiger partial charge is 0.125 e. The van der Waals surface area contributed by atoms with Crippen LogP contribution in [0.2, 0.25) is 0 Å². The Labute approximate surface area is 90.9 Å². The van der Waals surface area contributed by atoms with Gasteiger partial charge in [0.25, 0.3) is 0 Å². The van der Waals surface area contributed by atoms with Gasteiger partial charge in [-0.1, -0.05) is 19.4 Å². The van der Waals surface area contributed by atoms with E-state index in [0.29, 0.717) is 6.54 Å². The Balaban J connectivity index is 2.69. The summed E-state index contributed by atoms with van der Waals surface area (Å²) in [5.74, 6) is -0.189. The molecule has 0 aliphatic carbocycles. The Bertz CT molecular complexity index is 289. The van der Waals surface area contributed by atoms with Gasteiger partial charge in [-0.25, -0.2) is 4.39 Å². The number of nitrogens with two attached hydrogens (primary N) is 1. The quantitative estimate of drug-likeness (QED) is 0.781. The van der Waals surface area contributed by atoms with Crippen LogP contribution in [-0.4, -0.2) is 19.6 Å². The predicted octanol–water partition coefficient (Wildman–Crippen LogP) is 2.39. The van der Waals surface area contributed by atoms with Crippen molar-refractivity contribution >= 4 is 5.69 Å². The molecule has 0 spiro atoms. The number of hydrogen-bond acceptors (Lipinski definition) is 2. The highest BCUT2D eigenvalue weighted by molar-refractivity contribution is 5.46. The van der Waals surface area contributed by atoms with Gasteiger partial charge >= 0.3 is 0 Å². The second-order valence-corrected chi connectivity index (χ2v) is 3.61. The van der Waals surface area contributed by atoms with Crippen molar-refractivity contribution in [1.82, 2.24) is 0 Å².